The number of aliphatic carboxylic acids is 3. The number of carbonyl (C=O) groups excluding carboxylic acids is 3. The Morgan fingerprint density at radius 3 is 2.06 bits per heavy atom. The van der Waals surface area contributed by atoms with Crippen molar-refractivity contribution < 1.29 is 49.2 Å². The van der Waals surface area contributed by atoms with E-state index < -0.39 is 78.7 Å². The monoisotopic (exact) mass is 460 g/mol. The summed E-state index contributed by atoms with van der Waals surface area (Å²) in [5.41, 5.74) is 0. The van der Waals surface area contributed by atoms with Crippen LogP contribution in [0, 0.1) is 0 Å². The van der Waals surface area contributed by atoms with Crippen LogP contribution < -0.4 is 21.3 Å². The molecule has 32 heavy (non-hydrogen) atoms. The summed E-state index contributed by atoms with van der Waals surface area (Å²) < 4.78 is 0. The molecule has 14 nitrogen and oxygen atoms in total. The van der Waals surface area contributed by atoms with Gasteiger partial charge in [0.25, 0.3) is 0 Å². The number of carbonyl (C=O) groups is 6. The lowest BCUT2D eigenvalue weighted by Crippen LogP contribution is -2.60. The molecular weight excluding hydrogens is 432 g/mol. The van der Waals surface area contributed by atoms with Gasteiger partial charge in [-0.2, -0.15) is 0 Å². The van der Waals surface area contributed by atoms with E-state index in [-0.39, 0.29) is 6.42 Å². The van der Waals surface area contributed by atoms with Crippen molar-refractivity contribution in [1.82, 2.24) is 21.3 Å². The number of hydrogen-bond donors (Lipinski definition) is 8. The van der Waals surface area contributed by atoms with Crippen molar-refractivity contribution in [3.8, 4) is 0 Å². The average Bonchev–Trinajstić information content (AvgIpc) is 3.22. The maximum Gasteiger partial charge on any atom is 0.326 e. The Morgan fingerprint density at radius 1 is 0.938 bits per heavy atom. The molecule has 5 atom stereocenters. The molecule has 1 aliphatic rings. The zero-order valence-electron chi connectivity index (χ0n) is 17.4. The molecule has 0 bridgehead atoms. The number of carboxylic acid groups (broad SMARTS) is 3. The van der Waals surface area contributed by atoms with Gasteiger partial charge in [0.15, 0.2) is 0 Å². The van der Waals surface area contributed by atoms with Crippen LogP contribution in [0.1, 0.15) is 39.0 Å². The van der Waals surface area contributed by atoms with Gasteiger partial charge in [0.2, 0.25) is 17.7 Å². The second-order valence-electron chi connectivity index (χ2n) is 7.37. The fraction of sp³-hybridized carbons (Fsp3) is 0.667. The number of aliphatic hydroxyl groups excluding tert-OH is 1. The number of hydrogen-bond acceptors (Lipinski definition) is 8. The van der Waals surface area contributed by atoms with Crippen LogP contribution in [0.15, 0.2) is 0 Å². The van der Waals surface area contributed by atoms with Gasteiger partial charge in [-0.3, -0.25) is 24.0 Å². The first-order chi connectivity index (χ1) is 14.9. The second kappa shape index (κ2) is 12.6. The van der Waals surface area contributed by atoms with Crippen LogP contribution in [0.25, 0.3) is 0 Å². The van der Waals surface area contributed by atoms with E-state index in [1.54, 1.807) is 0 Å². The van der Waals surface area contributed by atoms with Gasteiger partial charge in [-0.15, -0.1) is 0 Å². The van der Waals surface area contributed by atoms with E-state index in [2.05, 4.69) is 16.0 Å². The fourth-order valence-corrected chi connectivity index (χ4v) is 3.01. The Kier molecular flexibility index (Phi) is 10.5. The molecule has 1 aliphatic heterocycles. The molecule has 1 heterocycles. The predicted octanol–water partition coefficient (Wildman–Crippen LogP) is -3.00. The van der Waals surface area contributed by atoms with Crippen molar-refractivity contribution in [2.24, 2.45) is 0 Å². The molecule has 0 aliphatic carbocycles. The van der Waals surface area contributed by atoms with Crippen LogP contribution in [0.2, 0.25) is 0 Å². The molecule has 0 spiro atoms. The van der Waals surface area contributed by atoms with Crippen LogP contribution in [-0.4, -0.2) is 92.9 Å². The summed E-state index contributed by atoms with van der Waals surface area (Å²) in [5.74, 6) is -7.01. The highest BCUT2D eigenvalue weighted by atomic mass is 16.4. The van der Waals surface area contributed by atoms with Crippen LogP contribution in [0.3, 0.4) is 0 Å². The van der Waals surface area contributed by atoms with Crippen molar-refractivity contribution in [2.45, 2.75) is 69.3 Å². The topological polar surface area (TPSA) is 231 Å². The van der Waals surface area contributed by atoms with E-state index in [1.807, 2.05) is 5.32 Å². The van der Waals surface area contributed by atoms with E-state index in [4.69, 9.17) is 15.3 Å². The molecule has 1 fully saturated rings. The van der Waals surface area contributed by atoms with Crippen molar-refractivity contribution >= 4 is 35.6 Å². The highest BCUT2D eigenvalue weighted by Crippen LogP contribution is 2.07. The lowest BCUT2D eigenvalue weighted by atomic mass is 10.1. The molecule has 5 unspecified atom stereocenters. The normalized spacial score (nSPS) is 19.1. The SMILES string of the molecule is CC(O)C(NC(=O)C(CCC(=O)O)NC(=O)C1CCCN1)C(=O)NC(CC(=O)O)C(=O)O. The number of amides is 3. The third kappa shape index (κ3) is 8.85. The third-order valence-corrected chi connectivity index (χ3v) is 4.71. The average molecular weight is 460 g/mol. The number of carboxylic acids is 3. The highest BCUT2D eigenvalue weighted by molar-refractivity contribution is 5.95. The van der Waals surface area contributed by atoms with E-state index in [0.717, 1.165) is 13.3 Å². The summed E-state index contributed by atoms with van der Waals surface area (Å²) in [5, 5.41) is 46.0. The lowest BCUT2D eigenvalue weighted by Gasteiger charge is -2.26. The van der Waals surface area contributed by atoms with Gasteiger partial charge in [-0.25, -0.2) is 4.79 Å². The van der Waals surface area contributed by atoms with Crippen molar-refractivity contribution in [1.29, 1.82) is 0 Å². The Bertz CT molecular complexity index is 735. The molecule has 1 saturated heterocycles. The van der Waals surface area contributed by atoms with Crippen LogP contribution in [-0.2, 0) is 28.8 Å². The quantitative estimate of drug-likeness (QED) is 0.138. The van der Waals surface area contributed by atoms with Crippen LogP contribution in [0.5, 0.6) is 0 Å². The molecule has 0 radical (unpaired) electrons. The number of nitrogens with one attached hydrogen (secondary N) is 4. The van der Waals surface area contributed by atoms with Gasteiger partial charge in [0.1, 0.15) is 18.1 Å². The van der Waals surface area contributed by atoms with E-state index in [9.17, 15) is 33.9 Å². The standard InChI is InChI=1S/C18H28N4O10/c1-8(23)14(17(30)21-11(18(31)32)7-13(26)27)22-16(29)10(4-5-12(24)25)20-15(28)9-3-2-6-19-9/h8-11,14,19,23H,2-7H2,1H3,(H,20,28)(H,21,30)(H,22,29)(H,24,25)(H,26,27)(H,31,32). The van der Waals surface area contributed by atoms with Gasteiger partial charge in [0, 0.05) is 6.42 Å². The third-order valence-electron chi connectivity index (χ3n) is 4.71. The predicted molar refractivity (Wildman–Crippen MR) is 105 cm³/mol. The molecular formula is C18H28N4O10. The maximum absolute atomic E-state index is 12.7. The molecule has 0 saturated carbocycles. The van der Waals surface area contributed by atoms with Gasteiger partial charge in [-0.05, 0) is 32.7 Å². The Balaban J connectivity index is 2.91. The molecule has 0 aromatic rings. The number of aliphatic hydroxyl groups is 1. The smallest absolute Gasteiger partial charge is 0.326 e. The molecule has 3 amide bonds. The molecule has 180 valence electrons. The zero-order chi connectivity index (χ0) is 24.4. The largest absolute Gasteiger partial charge is 0.481 e. The summed E-state index contributed by atoms with van der Waals surface area (Å²) in [4.78, 5) is 70.3. The van der Waals surface area contributed by atoms with Gasteiger partial charge >= 0.3 is 17.9 Å². The van der Waals surface area contributed by atoms with Gasteiger partial charge < -0.3 is 41.7 Å². The minimum atomic E-state index is -1.81. The molecule has 14 heteroatoms. The first-order valence-corrected chi connectivity index (χ1v) is 9.91. The summed E-state index contributed by atoms with van der Waals surface area (Å²) >= 11 is 0. The fourth-order valence-electron chi connectivity index (χ4n) is 3.01. The van der Waals surface area contributed by atoms with Gasteiger partial charge in [0.05, 0.1) is 18.6 Å². The Labute approximate surface area is 182 Å². The Hall–Kier alpha value is -3.26. The number of rotatable bonds is 13. The van der Waals surface area contributed by atoms with Crippen LogP contribution in [0.4, 0.5) is 0 Å². The summed E-state index contributed by atoms with van der Waals surface area (Å²) in [6.45, 7) is 1.74. The van der Waals surface area contributed by atoms with E-state index in [1.165, 1.54) is 0 Å². The first kappa shape index (κ1) is 26.8. The van der Waals surface area contributed by atoms with E-state index >= 15 is 0 Å². The molecule has 1 rings (SSSR count). The molecule has 0 aromatic heterocycles. The first-order valence-electron chi connectivity index (χ1n) is 9.91. The molecule has 8 N–H and O–H groups in total. The Morgan fingerprint density at radius 2 is 1.59 bits per heavy atom. The summed E-state index contributed by atoms with van der Waals surface area (Å²) in [7, 11) is 0. The van der Waals surface area contributed by atoms with Crippen molar-refractivity contribution in [2.75, 3.05) is 6.54 Å². The second-order valence-corrected chi connectivity index (χ2v) is 7.37. The lowest BCUT2D eigenvalue weighted by molar-refractivity contribution is -0.148. The maximum atomic E-state index is 12.7. The zero-order valence-corrected chi connectivity index (χ0v) is 17.4. The minimum absolute atomic E-state index is 0.301. The molecule has 0 aromatic carbocycles. The summed E-state index contributed by atoms with van der Waals surface area (Å²) in [6, 6.07) is -5.40. The van der Waals surface area contributed by atoms with Crippen molar-refractivity contribution in [3.63, 3.8) is 0 Å². The van der Waals surface area contributed by atoms with Crippen LogP contribution >= 0.6 is 0 Å². The van der Waals surface area contributed by atoms with Crippen molar-refractivity contribution in [3.05, 3.63) is 0 Å². The van der Waals surface area contributed by atoms with Gasteiger partial charge in [-0.1, -0.05) is 0 Å². The minimum Gasteiger partial charge on any atom is -0.481 e. The highest BCUT2D eigenvalue weighted by Gasteiger charge is 2.34. The summed E-state index contributed by atoms with van der Waals surface area (Å²) in [6.07, 6.45) is -1.96. The van der Waals surface area contributed by atoms with E-state index in [0.29, 0.717) is 13.0 Å².